The molecule has 7 heteroatoms. The van der Waals surface area contributed by atoms with Gasteiger partial charge in [0.15, 0.2) is 6.10 Å². The van der Waals surface area contributed by atoms with Crippen molar-refractivity contribution in [3.8, 4) is 11.4 Å². The molecule has 0 spiro atoms. The summed E-state index contributed by atoms with van der Waals surface area (Å²) in [7, 11) is 0. The standard InChI is InChI=1S/C24H22N4O3/c1-2-3-22(31-21-9-4-17-10-11-25-15-18(17)14-21)24(30)27-19-5-7-20(8-6-19)28-13-12-26-16-23(28)29/h4-16,22H,2-3H2,1H3,(H,27,30). The van der Waals surface area contributed by atoms with E-state index >= 15 is 0 Å². The summed E-state index contributed by atoms with van der Waals surface area (Å²) in [5.41, 5.74) is 1.10. The predicted molar refractivity (Wildman–Crippen MR) is 120 cm³/mol. The molecule has 7 nitrogen and oxygen atoms in total. The smallest absolute Gasteiger partial charge is 0.273 e. The molecule has 0 aliphatic heterocycles. The number of benzene rings is 2. The van der Waals surface area contributed by atoms with Gasteiger partial charge in [0.1, 0.15) is 5.75 Å². The van der Waals surface area contributed by atoms with Crippen molar-refractivity contribution in [2.24, 2.45) is 0 Å². The number of aromatic nitrogens is 3. The summed E-state index contributed by atoms with van der Waals surface area (Å²) in [6.45, 7) is 2.01. The Morgan fingerprint density at radius 2 is 1.84 bits per heavy atom. The van der Waals surface area contributed by atoms with E-state index in [4.69, 9.17) is 4.74 Å². The van der Waals surface area contributed by atoms with E-state index in [-0.39, 0.29) is 11.5 Å². The van der Waals surface area contributed by atoms with Gasteiger partial charge in [-0.15, -0.1) is 0 Å². The zero-order chi connectivity index (χ0) is 21.6. The van der Waals surface area contributed by atoms with Crippen LogP contribution in [-0.4, -0.2) is 26.5 Å². The molecule has 2 aromatic heterocycles. The molecule has 1 unspecified atom stereocenters. The number of fused-ring (bicyclic) bond motifs is 1. The summed E-state index contributed by atoms with van der Waals surface area (Å²) in [5.74, 6) is 0.406. The van der Waals surface area contributed by atoms with Crippen LogP contribution in [0.3, 0.4) is 0 Å². The molecule has 1 atom stereocenters. The molecule has 1 amide bonds. The van der Waals surface area contributed by atoms with Gasteiger partial charge in [-0.05, 0) is 54.3 Å². The molecule has 0 saturated carbocycles. The molecule has 2 aromatic carbocycles. The Bertz CT molecular complexity index is 1250. The van der Waals surface area contributed by atoms with Gasteiger partial charge in [-0.2, -0.15) is 0 Å². The zero-order valence-electron chi connectivity index (χ0n) is 17.1. The van der Waals surface area contributed by atoms with Crippen LogP contribution in [-0.2, 0) is 4.79 Å². The van der Waals surface area contributed by atoms with E-state index in [2.05, 4.69) is 15.3 Å². The number of carbonyl (C=O) groups excluding carboxylic acids is 1. The number of nitrogens with zero attached hydrogens (tertiary/aromatic N) is 3. The van der Waals surface area contributed by atoms with Crippen LogP contribution in [0.15, 0.2) is 84.3 Å². The topological polar surface area (TPSA) is 86.1 Å². The summed E-state index contributed by atoms with van der Waals surface area (Å²) < 4.78 is 7.50. The lowest BCUT2D eigenvalue weighted by atomic mass is 10.1. The number of pyridine rings is 1. The SMILES string of the molecule is CCCC(Oc1ccc2ccncc2c1)C(=O)Nc1ccc(-n2ccncc2=O)cc1. The van der Waals surface area contributed by atoms with Crippen molar-refractivity contribution >= 4 is 22.4 Å². The summed E-state index contributed by atoms with van der Waals surface area (Å²) >= 11 is 0. The van der Waals surface area contributed by atoms with E-state index in [0.29, 0.717) is 23.5 Å². The van der Waals surface area contributed by atoms with Crippen molar-refractivity contribution in [3.63, 3.8) is 0 Å². The van der Waals surface area contributed by atoms with E-state index in [1.807, 2.05) is 31.2 Å². The van der Waals surface area contributed by atoms with Crippen LogP contribution in [0, 0.1) is 0 Å². The van der Waals surface area contributed by atoms with Crippen LogP contribution >= 0.6 is 0 Å². The Morgan fingerprint density at radius 3 is 2.61 bits per heavy atom. The molecule has 1 N–H and O–H groups in total. The minimum atomic E-state index is -0.624. The molecule has 0 bridgehead atoms. The summed E-state index contributed by atoms with van der Waals surface area (Å²) in [6.07, 6.45) is 8.68. The van der Waals surface area contributed by atoms with Gasteiger partial charge in [-0.25, -0.2) is 0 Å². The Balaban J connectivity index is 1.48. The van der Waals surface area contributed by atoms with Crippen molar-refractivity contribution in [2.75, 3.05) is 5.32 Å². The first-order valence-corrected chi connectivity index (χ1v) is 10.1. The first-order valence-electron chi connectivity index (χ1n) is 10.1. The van der Waals surface area contributed by atoms with Crippen molar-refractivity contribution < 1.29 is 9.53 Å². The Kier molecular flexibility index (Phi) is 6.03. The maximum absolute atomic E-state index is 12.9. The number of carbonyl (C=O) groups is 1. The zero-order valence-corrected chi connectivity index (χ0v) is 17.1. The fraction of sp³-hybridized carbons (Fsp3) is 0.167. The van der Waals surface area contributed by atoms with E-state index < -0.39 is 6.10 Å². The van der Waals surface area contributed by atoms with E-state index in [1.165, 1.54) is 10.8 Å². The third kappa shape index (κ3) is 4.78. The number of ether oxygens (including phenoxy) is 1. The van der Waals surface area contributed by atoms with Crippen LogP contribution in [0.5, 0.6) is 5.75 Å². The highest BCUT2D eigenvalue weighted by Gasteiger charge is 2.20. The monoisotopic (exact) mass is 414 g/mol. The van der Waals surface area contributed by atoms with Crippen LogP contribution in [0.25, 0.3) is 16.5 Å². The van der Waals surface area contributed by atoms with Crippen LogP contribution in [0.2, 0.25) is 0 Å². The number of rotatable bonds is 7. The van der Waals surface area contributed by atoms with Gasteiger partial charge >= 0.3 is 0 Å². The van der Waals surface area contributed by atoms with Crippen molar-refractivity contribution in [2.45, 2.75) is 25.9 Å². The molecule has 2 heterocycles. The molecule has 0 radical (unpaired) electrons. The van der Waals surface area contributed by atoms with Gasteiger partial charge in [0.25, 0.3) is 11.5 Å². The third-order valence-electron chi connectivity index (χ3n) is 4.87. The number of anilines is 1. The molecule has 0 aliphatic carbocycles. The highest BCUT2D eigenvalue weighted by atomic mass is 16.5. The number of hydrogen-bond acceptors (Lipinski definition) is 5. The predicted octanol–water partition coefficient (Wildman–Crippen LogP) is 3.97. The normalized spacial score (nSPS) is 11.8. The Labute approximate surface area is 179 Å². The highest BCUT2D eigenvalue weighted by Crippen LogP contribution is 2.22. The van der Waals surface area contributed by atoms with Gasteiger partial charge in [-0.1, -0.05) is 19.4 Å². The molecule has 156 valence electrons. The van der Waals surface area contributed by atoms with Gasteiger partial charge in [0.05, 0.1) is 6.20 Å². The fourth-order valence-electron chi connectivity index (χ4n) is 3.30. The average molecular weight is 414 g/mol. The van der Waals surface area contributed by atoms with Crippen molar-refractivity contribution in [1.29, 1.82) is 0 Å². The van der Waals surface area contributed by atoms with Crippen LogP contribution < -0.4 is 15.6 Å². The molecule has 4 aromatic rings. The quantitative estimate of drug-likeness (QED) is 0.495. The second kappa shape index (κ2) is 9.21. The molecule has 31 heavy (non-hydrogen) atoms. The lowest BCUT2D eigenvalue weighted by molar-refractivity contribution is -0.123. The minimum Gasteiger partial charge on any atom is -0.481 e. The van der Waals surface area contributed by atoms with Gasteiger partial charge < -0.3 is 10.1 Å². The first-order chi connectivity index (χ1) is 15.1. The van der Waals surface area contributed by atoms with Crippen LogP contribution in [0.1, 0.15) is 19.8 Å². The summed E-state index contributed by atoms with van der Waals surface area (Å²) in [6, 6.07) is 14.7. The molecular weight excluding hydrogens is 392 g/mol. The second-order valence-electron chi connectivity index (χ2n) is 7.10. The lowest BCUT2D eigenvalue weighted by Crippen LogP contribution is -2.32. The van der Waals surface area contributed by atoms with Gasteiger partial charge in [0.2, 0.25) is 0 Å². The molecular formula is C24H22N4O3. The second-order valence-corrected chi connectivity index (χ2v) is 7.10. The number of amides is 1. The first kappa shape index (κ1) is 20.3. The highest BCUT2D eigenvalue weighted by molar-refractivity contribution is 5.94. The minimum absolute atomic E-state index is 0.220. The fourth-order valence-corrected chi connectivity index (χ4v) is 3.30. The molecule has 0 fully saturated rings. The number of hydrogen-bond donors (Lipinski definition) is 1. The van der Waals surface area contributed by atoms with Crippen LogP contribution in [0.4, 0.5) is 5.69 Å². The maximum atomic E-state index is 12.9. The lowest BCUT2D eigenvalue weighted by Gasteiger charge is -2.19. The third-order valence-corrected chi connectivity index (χ3v) is 4.87. The van der Waals surface area contributed by atoms with E-state index in [0.717, 1.165) is 17.2 Å². The summed E-state index contributed by atoms with van der Waals surface area (Å²) in [4.78, 5) is 32.7. The molecule has 4 rings (SSSR count). The Hall–Kier alpha value is -4.00. The Morgan fingerprint density at radius 1 is 1.03 bits per heavy atom. The van der Waals surface area contributed by atoms with Crippen molar-refractivity contribution in [3.05, 3.63) is 89.9 Å². The average Bonchev–Trinajstić information content (AvgIpc) is 2.80. The summed E-state index contributed by atoms with van der Waals surface area (Å²) in [5, 5.41) is 4.92. The van der Waals surface area contributed by atoms with E-state index in [9.17, 15) is 9.59 Å². The maximum Gasteiger partial charge on any atom is 0.273 e. The van der Waals surface area contributed by atoms with E-state index in [1.54, 1.807) is 49.1 Å². The van der Waals surface area contributed by atoms with Crippen molar-refractivity contribution in [1.82, 2.24) is 14.5 Å². The van der Waals surface area contributed by atoms with Gasteiger partial charge in [0, 0.05) is 41.5 Å². The largest absolute Gasteiger partial charge is 0.481 e. The van der Waals surface area contributed by atoms with Gasteiger partial charge in [-0.3, -0.25) is 24.1 Å². The molecule has 0 aliphatic rings. The number of nitrogens with one attached hydrogen (secondary N) is 1. The molecule has 0 saturated heterocycles.